The fourth-order valence-corrected chi connectivity index (χ4v) is 5.06. The molecule has 0 N–H and O–H groups in total. The third kappa shape index (κ3) is 3.86. The van der Waals surface area contributed by atoms with E-state index in [0.29, 0.717) is 38.1 Å². The fraction of sp³-hybridized carbons (Fsp3) is 0.115. The molecule has 33 heavy (non-hydrogen) atoms. The van der Waals surface area contributed by atoms with E-state index in [-0.39, 0.29) is 5.56 Å². The van der Waals surface area contributed by atoms with Crippen LogP contribution in [0, 0.1) is 13.8 Å². The lowest BCUT2D eigenvalue weighted by Crippen LogP contribution is -2.22. The van der Waals surface area contributed by atoms with Gasteiger partial charge in [0, 0.05) is 17.2 Å². The number of aryl methyl sites for hydroxylation is 2. The van der Waals surface area contributed by atoms with Gasteiger partial charge in [0.2, 0.25) is 0 Å². The maximum absolute atomic E-state index is 13.4. The maximum atomic E-state index is 13.4. The average molecular weight is 475 g/mol. The van der Waals surface area contributed by atoms with Crippen molar-refractivity contribution in [2.24, 2.45) is 0 Å². The Morgan fingerprint density at radius 2 is 1.73 bits per heavy atom. The molecule has 3 aromatic carbocycles. The van der Waals surface area contributed by atoms with E-state index < -0.39 is 5.63 Å². The number of hydrogen-bond acceptors (Lipinski definition) is 5. The van der Waals surface area contributed by atoms with Crippen molar-refractivity contribution in [3.05, 3.63) is 109 Å². The topological polar surface area (TPSA) is 65.1 Å². The first kappa shape index (κ1) is 21.5. The van der Waals surface area contributed by atoms with Crippen molar-refractivity contribution in [2.45, 2.75) is 24.8 Å². The normalized spacial score (nSPS) is 11.4. The number of nitrogens with zero attached hydrogens (tertiary/aromatic N) is 2. The van der Waals surface area contributed by atoms with E-state index >= 15 is 0 Å². The number of hydrogen-bond donors (Lipinski definition) is 0. The summed E-state index contributed by atoms with van der Waals surface area (Å²) in [5.41, 5.74) is 3.98. The second kappa shape index (κ2) is 8.54. The molecule has 0 amide bonds. The number of aromatic nitrogens is 2. The molecule has 7 heteroatoms. The summed E-state index contributed by atoms with van der Waals surface area (Å²) in [7, 11) is 0. The highest BCUT2D eigenvalue weighted by atomic mass is 35.5. The number of benzene rings is 3. The first-order valence-electron chi connectivity index (χ1n) is 10.4. The van der Waals surface area contributed by atoms with Crippen molar-refractivity contribution in [1.82, 2.24) is 9.55 Å². The zero-order chi connectivity index (χ0) is 23.1. The summed E-state index contributed by atoms with van der Waals surface area (Å²) in [6.07, 6.45) is 0. The minimum atomic E-state index is -0.401. The average Bonchev–Trinajstić information content (AvgIpc) is 2.81. The molecule has 0 aliphatic heterocycles. The molecule has 0 saturated carbocycles. The van der Waals surface area contributed by atoms with Crippen LogP contribution in [-0.4, -0.2) is 9.55 Å². The number of para-hydroxylation sites is 2. The van der Waals surface area contributed by atoms with Crippen molar-refractivity contribution in [2.75, 3.05) is 0 Å². The Morgan fingerprint density at radius 3 is 2.55 bits per heavy atom. The lowest BCUT2D eigenvalue weighted by molar-refractivity contribution is 0.557. The Morgan fingerprint density at radius 1 is 0.970 bits per heavy atom. The van der Waals surface area contributed by atoms with Crippen LogP contribution in [0.1, 0.15) is 16.7 Å². The highest BCUT2D eigenvalue weighted by molar-refractivity contribution is 7.98. The molecule has 2 aromatic heterocycles. The van der Waals surface area contributed by atoms with Crippen molar-refractivity contribution in [3.8, 4) is 5.69 Å². The molecule has 0 bridgehead atoms. The van der Waals surface area contributed by atoms with Crippen molar-refractivity contribution < 1.29 is 4.42 Å². The Bertz CT molecular complexity index is 1660. The quantitative estimate of drug-likeness (QED) is 0.180. The maximum Gasteiger partial charge on any atom is 0.336 e. The van der Waals surface area contributed by atoms with Crippen LogP contribution in [0.15, 0.2) is 85.9 Å². The van der Waals surface area contributed by atoms with Gasteiger partial charge in [-0.1, -0.05) is 59.8 Å². The second-order valence-electron chi connectivity index (χ2n) is 7.77. The van der Waals surface area contributed by atoms with Crippen molar-refractivity contribution in [1.29, 1.82) is 0 Å². The number of halogens is 1. The van der Waals surface area contributed by atoms with Gasteiger partial charge in [-0.3, -0.25) is 9.36 Å². The Hall–Kier alpha value is -3.35. The van der Waals surface area contributed by atoms with Gasteiger partial charge in [0.25, 0.3) is 5.56 Å². The molecular weight excluding hydrogens is 456 g/mol. The van der Waals surface area contributed by atoms with E-state index in [4.69, 9.17) is 21.0 Å². The van der Waals surface area contributed by atoms with Crippen LogP contribution in [0.5, 0.6) is 0 Å². The zero-order valence-electron chi connectivity index (χ0n) is 18.0. The molecule has 0 aliphatic carbocycles. The Balaban J connectivity index is 1.67. The predicted molar refractivity (Wildman–Crippen MR) is 134 cm³/mol. The van der Waals surface area contributed by atoms with Gasteiger partial charge in [-0.05, 0) is 54.8 Å². The largest absolute Gasteiger partial charge is 0.422 e. The van der Waals surface area contributed by atoms with E-state index in [9.17, 15) is 9.59 Å². The predicted octanol–water partition coefficient (Wildman–Crippen LogP) is 6.05. The highest BCUT2D eigenvalue weighted by Gasteiger charge is 2.17. The van der Waals surface area contributed by atoms with Gasteiger partial charge >= 0.3 is 5.63 Å². The van der Waals surface area contributed by atoms with Gasteiger partial charge in [0.05, 0.1) is 21.6 Å². The molecule has 2 heterocycles. The molecular formula is C26H19ClN2O3S. The summed E-state index contributed by atoms with van der Waals surface area (Å²) in [5.74, 6) is 0.430. The second-order valence-corrected chi connectivity index (χ2v) is 9.12. The summed E-state index contributed by atoms with van der Waals surface area (Å²) in [5, 5.41) is 2.34. The molecule has 5 aromatic rings. The first-order valence-corrected chi connectivity index (χ1v) is 11.7. The molecule has 0 fully saturated rings. The zero-order valence-corrected chi connectivity index (χ0v) is 19.5. The molecule has 0 saturated heterocycles. The summed E-state index contributed by atoms with van der Waals surface area (Å²) < 4.78 is 7.04. The van der Waals surface area contributed by atoms with Crippen molar-refractivity contribution >= 4 is 45.2 Å². The molecule has 0 spiro atoms. The van der Waals surface area contributed by atoms with Crippen LogP contribution in [-0.2, 0) is 5.75 Å². The van der Waals surface area contributed by atoms with E-state index in [1.165, 1.54) is 17.8 Å². The molecule has 0 aliphatic rings. The van der Waals surface area contributed by atoms with Gasteiger partial charge in [-0.2, -0.15) is 0 Å². The lowest BCUT2D eigenvalue weighted by atomic mass is 10.0. The minimum Gasteiger partial charge on any atom is -0.422 e. The van der Waals surface area contributed by atoms with Crippen LogP contribution < -0.4 is 11.2 Å². The van der Waals surface area contributed by atoms with Crippen LogP contribution in [0.4, 0.5) is 0 Å². The Kier molecular flexibility index (Phi) is 5.56. The molecule has 164 valence electrons. The summed E-state index contributed by atoms with van der Waals surface area (Å²) in [6, 6.07) is 19.9. The van der Waals surface area contributed by atoms with Crippen LogP contribution in [0.3, 0.4) is 0 Å². The highest BCUT2D eigenvalue weighted by Crippen LogP contribution is 2.30. The minimum absolute atomic E-state index is 0.194. The molecule has 5 rings (SSSR count). The van der Waals surface area contributed by atoms with E-state index in [1.807, 2.05) is 56.3 Å². The monoisotopic (exact) mass is 474 g/mol. The molecule has 0 atom stereocenters. The van der Waals surface area contributed by atoms with Crippen LogP contribution >= 0.6 is 23.4 Å². The van der Waals surface area contributed by atoms with Crippen molar-refractivity contribution in [3.63, 3.8) is 0 Å². The fourth-order valence-electron chi connectivity index (χ4n) is 3.84. The summed E-state index contributed by atoms with van der Waals surface area (Å²) >= 11 is 7.83. The number of thioether (sulfide) groups is 1. The first-order chi connectivity index (χ1) is 15.9. The van der Waals surface area contributed by atoms with Gasteiger partial charge in [-0.15, -0.1) is 0 Å². The standard InChI is InChI=1S/C26H19ClN2O3S/c1-15-11-12-18-17(13-23(30)32-24(18)16(15)2)14-33-26-28-21-9-5-3-7-19(21)25(31)29(26)22-10-6-4-8-20(22)27/h3-13H,14H2,1-2H3. The van der Waals surface area contributed by atoms with Gasteiger partial charge in [0.1, 0.15) is 5.58 Å². The third-order valence-corrected chi connectivity index (χ3v) is 7.02. The smallest absolute Gasteiger partial charge is 0.336 e. The van der Waals surface area contributed by atoms with Gasteiger partial charge in [0.15, 0.2) is 5.16 Å². The summed E-state index contributed by atoms with van der Waals surface area (Å²) in [6.45, 7) is 3.93. The SMILES string of the molecule is Cc1ccc2c(CSc3nc4ccccc4c(=O)n3-c3ccccc3Cl)cc(=O)oc2c1C. The third-order valence-electron chi connectivity index (χ3n) is 5.71. The van der Waals surface area contributed by atoms with E-state index in [1.54, 1.807) is 22.8 Å². The van der Waals surface area contributed by atoms with Gasteiger partial charge in [-0.25, -0.2) is 9.78 Å². The number of fused-ring (bicyclic) bond motifs is 2. The lowest BCUT2D eigenvalue weighted by Gasteiger charge is -2.15. The molecule has 0 unspecified atom stereocenters. The number of rotatable bonds is 4. The summed E-state index contributed by atoms with van der Waals surface area (Å²) in [4.78, 5) is 30.5. The molecule has 5 nitrogen and oxygen atoms in total. The van der Waals surface area contributed by atoms with E-state index in [0.717, 1.165) is 22.1 Å². The van der Waals surface area contributed by atoms with E-state index in [2.05, 4.69) is 0 Å². The van der Waals surface area contributed by atoms with Gasteiger partial charge < -0.3 is 4.42 Å². The van der Waals surface area contributed by atoms with Crippen LogP contribution in [0.2, 0.25) is 5.02 Å². The van der Waals surface area contributed by atoms with Crippen LogP contribution in [0.25, 0.3) is 27.6 Å². The molecule has 0 radical (unpaired) electrons. The Labute approximate surface area is 198 Å².